The first kappa shape index (κ1) is 10.3. The van der Waals surface area contributed by atoms with Crippen LogP contribution in [0.2, 0.25) is 5.02 Å². The molecule has 0 spiro atoms. The predicted molar refractivity (Wildman–Crippen MR) is 51.4 cm³/mol. The number of hydrogen-bond donors (Lipinski definition) is 2. The normalized spacial score (nSPS) is 10.2. The number of hydroxylamine groups is 1. The smallest absolute Gasteiger partial charge is 0.140 e. The van der Waals surface area contributed by atoms with Gasteiger partial charge in [0.15, 0.2) is 0 Å². The molecule has 0 atom stereocenters. The third kappa shape index (κ3) is 2.34. The van der Waals surface area contributed by atoms with Gasteiger partial charge in [-0.1, -0.05) is 17.7 Å². The summed E-state index contributed by atoms with van der Waals surface area (Å²) in [6, 6.07) is 3.67. The summed E-state index contributed by atoms with van der Waals surface area (Å²) in [5, 5.41) is 9.07. The van der Waals surface area contributed by atoms with Crippen molar-refractivity contribution in [3.63, 3.8) is 0 Å². The SMILES string of the molecule is COc1c(C)cc(CNO)cc1Cl. The molecule has 13 heavy (non-hydrogen) atoms. The van der Waals surface area contributed by atoms with E-state index >= 15 is 0 Å². The Morgan fingerprint density at radius 3 is 2.69 bits per heavy atom. The molecule has 0 aliphatic carbocycles. The summed E-state index contributed by atoms with van der Waals surface area (Å²) >= 11 is 5.94. The van der Waals surface area contributed by atoms with Crippen LogP contribution in [0, 0.1) is 6.92 Å². The van der Waals surface area contributed by atoms with E-state index in [0.717, 1.165) is 11.1 Å². The van der Waals surface area contributed by atoms with Gasteiger partial charge in [0.25, 0.3) is 0 Å². The molecule has 1 aromatic carbocycles. The molecule has 0 amide bonds. The molecule has 1 aromatic rings. The topological polar surface area (TPSA) is 41.5 Å². The van der Waals surface area contributed by atoms with Crippen LogP contribution in [0.4, 0.5) is 0 Å². The zero-order chi connectivity index (χ0) is 9.84. The Morgan fingerprint density at radius 2 is 2.23 bits per heavy atom. The molecule has 1 rings (SSSR count). The second kappa shape index (κ2) is 4.46. The molecule has 0 unspecified atom stereocenters. The lowest BCUT2D eigenvalue weighted by atomic mass is 10.1. The minimum absolute atomic E-state index is 0.380. The van der Waals surface area contributed by atoms with Crippen LogP contribution in [0.3, 0.4) is 0 Å². The van der Waals surface area contributed by atoms with Crippen molar-refractivity contribution < 1.29 is 9.94 Å². The zero-order valence-corrected chi connectivity index (χ0v) is 8.35. The Labute approximate surface area is 82.2 Å². The summed E-state index contributed by atoms with van der Waals surface area (Å²) in [6.07, 6.45) is 0. The van der Waals surface area contributed by atoms with Crippen molar-refractivity contribution in [3.8, 4) is 5.75 Å². The van der Waals surface area contributed by atoms with E-state index in [1.54, 1.807) is 13.2 Å². The molecular formula is C9H12ClNO2. The standard InChI is InChI=1S/C9H12ClNO2/c1-6-3-7(5-11-12)4-8(10)9(6)13-2/h3-4,11-12H,5H2,1-2H3. The van der Waals surface area contributed by atoms with Gasteiger partial charge in [0.2, 0.25) is 0 Å². The third-order valence-corrected chi connectivity index (χ3v) is 2.06. The molecule has 0 heterocycles. The lowest BCUT2D eigenvalue weighted by Gasteiger charge is -2.09. The molecule has 0 aliphatic heterocycles. The molecule has 72 valence electrons. The van der Waals surface area contributed by atoms with E-state index in [1.165, 1.54) is 0 Å². The quantitative estimate of drug-likeness (QED) is 0.737. The highest BCUT2D eigenvalue weighted by Gasteiger charge is 2.05. The average molecular weight is 202 g/mol. The maximum absolute atomic E-state index is 8.50. The van der Waals surface area contributed by atoms with E-state index in [1.807, 2.05) is 13.0 Å². The van der Waals surface area contributed by atoms with Crippen LogP contribution in [-0.2, 0) is 6.54 Å². The number of hydrogen-bond acceptors (Lipinski definition) is 3. The molecular weight excluding hydrogens is 190 g/mol. The number of ether oxygens (including phenoxy) is 1. The van der Waals surface area contributed by atoms with Crippen LogP contribution in [-0.4, -0.2) is 12.3 Å². The predicted octanol–water partition coefficient (Wildman–Crippen LogP) is 2.14. The number of benzene rings is 1. The van der Waals surface area contributed by atoms with Crippen LogP contribution in [0.25, 0.3) is 0 Å². The van der Waals surface area contributed by atoms with Crippen molar-refractivity contribution in [2.24, 2.45) is 0 Å². The van der Waals surface area contributed by atoms with E-state index < -0.39 is 0 Å². The lowest BCUT2D eigenvalue weighted by molar-refractivity contribution is 0.161. The first-order valence-electron chi connectivity index (χ1n) is 3.89. The van der Waals surface area contributed by atoms with E-state index in [-0.39, 0.29) is 0 Å². The molecule has 0 radical (unpaired) electrons. The molecule has 2 N–H and O–H groups in total. The van der Waals surface area contributed by atoms with Gasteiger partial charge in [0.1, 0.15) is 5.75 Å². The highest BCUT2D eigenvalue weighted by molar-refractivity contribution is 6.32. The fourth-order valence-electron chi connectivity index (χ4n) is 1.25. The summed E-state index contributed by atoms with van der Waals surface area (Å²) in [7, 11) is 1.58. The van der Waals surface area contributed by atoms with Crippen LogP contribution < -0.4 is 10.2 Å². The van der Waals surface area contributed by atoms with E-state index in [0.29, 0.717) is 17.3 Å². The Balaban J connectivity index is 3.05. The summed E-state index contributed by atoms with van der Waals surface area (Å²) < 4.78 is 5.09. The monoisotopic (exact) mass is 201 g/mol. The second-order valence-electron chi connectivity index (χ2n) is 2.76. The molecule has 0 fully saturated rings. The molecule has 0 aromatic heterocycles. The van der Waals surface area contributed by atoms with E-state index in [2.05, 4.69) is 5.48 Å². The number of aryl methyl sites for hydroxylation is 1. The molecule has 0 aliphatic rings. The maximum Gasteiger partial charge on any atom is 0.140 e. The fraction of sp³-hybridized carbons (Fsp3) is 0.333. The molecule has 4 heteroatoms. The summed E-state index contributed by atoms with van der Waals surface area (Å²) in [5.41, 5.74) is 3.96. The number of rotatable bonds is 3. The van der Waals surface area contributed by atoms with Crippen molar-refractivity contribution in [1.82, 2.24) is 5.48 Å². The minimum Gasteiger partial charge on any atom is -0.495 e. The lowest BCUT2D eigenvalue weighted by Crippen LogP contribution is -2.06. The molecule has 3 nitrogen and oxygen atoms in total. The Hall–Kier alpha value is -0.770. The molecule has 0 saturated heterocycles. The van der Waals surface area contributed by atoms with Gasteiger partial charge in [-0.3, -0.25) is 0 Å². The van der Waals surface area contributed by atoms with Gasteiger partial charge in [-0.25, -0.2) is 5.48 Å². The van der Waals surface area contributed by atoms with Gasteiger partial charge in [-0.15, -0.1) is 0 Å². The Morgan fingerprint density at radius 1 is 1.54 bits per heavy atom. The van der Waals surface area contributed by atoms with Gasteiger partial charge < -0.3 is 9.94 Å². The van der Waals surface area contributed by atoms with Crippen LogP contribution >= 0.6 is 11.6 Å². The minimum atomic E-state index is 0.380. The van der Waals surface area contributed by atoms with Crippen molar-refractivity contribution in [1.29, 1.82) is 0 Å². The van der Waals surface area contributed by atoms with Crippen LogP contribution in [0.5, 0.6) is 5.75 Å². The van der Waals surface area contributed by atoms with Crippen LogP contribution in [0.1, 0.15) is 11.1 Å². The molecule has 0 saturated carbocycles. The number of methoxy groups -OCH3 is 1. The van der Waals surface area contributed by atoms with E-state index in [4.69, 9.17) is 21.5 Å². The van der Waals surface area contributed by atoms with Crippen molar-refractivity contribution in [2.45, 2.75) is 13.5 Å². The number of halogens is 1. The third-order valence-electron chi connectivity index (χ3n) is 1.78. The Kier molecular flexibility index (Phi) is 3.54. The molecule has 0 bridgehead atoms. The average Bonchev–Trinajstić information content (AvgIpc) is 2.04. The zero-order valence-electron chi connectivity index (χ0n) is 7.60. The van der Waals surface area contributed by atoms with Crippen molar-refractivity contribution in [2.75, 3.05) is 7.11 Å². The fourth-order valence-corrected chi connectivity index (χ4v) is 1.62. The van der Waals surface area contributed by atoms with Gasteiger partial charge in [0.05, 0.1) is 12.1 Å². The first-order valence-corrected chi connectivity index (χ1v) is 4.26. The van der Waals surface area contributed by atoms with Gasteiger partial charge in [-0.05, 0) is 24.1 Å². The summed E-state index contributed by atoms with van der Waals surface area (Å²) in [5.74, 6) is 0.684. The van der Waals surface area contributed by atoms with Gasteiger partial charge in [-0.2, -0.15) is 0 Å². The second-order valence-corrected chi connectivity index (χ2v) is 3.17. The van der Waals surface area contributed by atoms with Crippen molar-refractivity contribution >= 4 is 11.6 Å². The summed E-state index contributed by atoms with van der Waals surface area (Å²) in [6.45, 7) is 2.29. The number of nitrogens with one attached hydrogen (secondary N) is 1. The van der Waals surface area contributed by atoms with Gasteiger partial charge >= 0.3 is 0 Å². The highest BCUT2D eigenvalue weighted by atomic mass is 35.5. The largest absolute Gasteiger partial charge is 0.495 e. The van der Waals surface area contributed by atoms with E-state index in [9.17, 15) is 0 Å². The maximum atomic E-state index is 8.50. The van der Waals surface area contributed by atoms with Gasteiger partial charge in [0, 0.05) is 6.54 Å². The first-order chi connectivity index (χ1) is 6.19. The van der Waals surface area contributed by atoms with Crippen LogP contribution in [0.15, 0.2) is 12.1 Å². The Bertz CT molecular complexity index is 279. The van der Waals surface area contributed by atoms with Crippen molar-refractivity contribution in [3.05, 3.63) is 28.3 Å². The summed E-state index contributed by atoms with van der Waals surface area (Å²) in [4.78, 5) is 0. The highest BCUT2D eigenvalue weighted by Crippen LogP contribution is 2.29.